The molecule has 0 fully saturated rings. The fraction of sp³-hybridized carbons (Fsp3) is 0.947. The molecule has 3 N–H and O–H groups in total. The molecule has 0 aromatic rings. The van der Waals surface area contributed by atoms with Crippen LogP contribution in [0, 0.1) is 23.7 Å². The zero-order valence-corrected chi connectivity index (χ0v) is 63.4. The van der Waals surface area contributed by atoms with Gasteiger partial charge in [-0.3, -0.25) is 37.3 Å². The van der Waals surface area contributed by atoms with E-state index in [-0.39, 0.29) is 25.7 Å². The molecule has 0 rings (SSSR count). The van der Waals surface area contributed by atoms with E-state index in [1.807, 2.05) is 0 Å². The summed E-state index contributed by atoms with van der Waals surface area (Å²) in [5, 5.41) is 10.6. The van der Waals surface area contributed by atoms with Crippen molar-refractivity contribution >= 4 is 39.5 Å². The highest BCUT2D eigenvalue weighted by Crippen LogP contribution is 2.45. The maximum Gasteiger partial charge on any atom is 0.472 e. The number of phosphoric acid groups is 2. The van der Waals surface area contributed by atoms with E-state index in [1.54, 1.807) is 0 Å². The first-order valence-electron chi connectivity index (χ1n) is 38.7. The number of phosphoric ester groups is 2. The summed E-state index contributed by atoms with van der Waals surface area (Å²) >= 11 is 0. The number of aliphatic hydroxyl groups is 1. The maximum atomic E-state index is 13.1. The van der Waals surface area contributed by atoms with Gasteiger partial charge in [0.15, 0.2) is 12.2 Å². The summed E-state index contributed by atoms with van der Waals surface area (Å²) in [6.45, 7) is 14.1. The number of hydrogen-bond acceptors (Lipinski definition) is 15. The Balaban J connectivity index is 5.23. The summed E-state index contributed by atoms with van der Waals surface area (Å²) in [5.74, 6) is 0.907. The highest BCUT2D eigenvalue weighted by atomic mass is 31.2. The number of hydrogen-bond donors (Lipinski definition) is 3. The molecule has 0 saturated heterocycles. The first-order chi connectivity index (χ1) is 45.1. The van der Waals surface area contributed by atoms with Gasteiger partial charge in [0.25, 0.3) is 0 Å². The number of esters is 4. The third kappa shape index (κ3) is 67.3. The lowest BCUT2D eigenvalue weighted by molar-refractivity contribution is -0.161. The molecule has 19 heteroatoms. The van der Waals surface area contributed by atoms with Crippen molar-refractivity contribution < 1.29 is 80.2 Å². The monoisotopic (exact) mass is 1380 g/mol. The second-order valence-corrected chi connectivity index (χ2v) is 31.6. The highest BCUT2D eigenvalue weighted by molar-refractivity contribution is 7.47. The Morgan fingerprint density at radius 1 is 0.298 bits per heavy atom. The van der Waals surface area contributed by atoms with Gasteiger partial charge in [-0.15, -0.1) is 0 Å². The smallest absolute Gasteiger partial charge is 0.462 e. The average molecular weight is 1380 g/mol. The molecule has 0 aromatic heterocycles. The maximum absolute atomic E-state index is 13.1. The van der Waals surface area contributed by atoms with E-state index in [0.717, 1.165) is 114 Å². The van der Waals surface area contributed by atoms with Crippen LogP contribution in [0.25, 0.3) is 0 Å². The van der Waals surface area contributed by atoms with Crippen LogP contribution in [0.4, 0.5) is 0 Å². The van der Waals surface area contributed by atoms with E-state index >= 15 is 0 Å². The lowest BCUT2D eigenvalue weighted by Crippen LogP contribution is -2.30. The van der Waals surface area contributed by atoms with Crippen molar-refractivity contribution in [1.82, 2.24) is 0 Å². The molecule has 0 saturated carbocycles. The average Bonchev–Trinajstić information content (AvgIpc) is 1.06. The van der Waals surface area contributed by atoms with Gasteiger partial charge < -0.3 is 33.8 Å². The highest BCUT2D eigenvalue weighted by Gasteiger charge is 2.30. The number of ether oxygens (including phenoxy) is 4. The Kier molecular flexibility index (Phi) is 63.1. The Morgan fingerprint density at radius 3 is 0.755 bits per heavy atom. The van der Waals surface area contributed by atoms with E-state index in [0.29, 0.717) is 31.6 Å². The van der Waals surface area contributed by atoms with Crippen LogP contribution < -0.4 is 0 Å². The van der Waals surface area contributed by atoms with E-state index in [9.17, 15) is 43.2 Å². The lowest BCUT2D eigenvalue weighted by Gasteiger charge is -2.21. The van der Waals surface area contributed by atoms with E-state index in [1.165, 1.54) is 173 Å². The Morgan fingerprint density at radius 2 is 0.511 bits per heavy atom. The molecular formula is C75H146O17P2. The summed E-state index contributed by atoms with van der Waals surface area (Å²) in [5.41, 5.74) is 0. The topological polar surface area (TPSA) is 237 Å². The minimum absolute atomic E-state index is 0.104. The van der Waals surface area contributed by atoms with Gasteiger partial charge in [0, 0.05) is 25.7 Å². The van der Waals surface area contributed by atoms with Gasteiger partial charge in [-0.25, -0.2) is 9.13 Å². The summed E-state index contributed by atoms with van der Waals surface area (Å²) in [6.07, 6.45) is 48.7. The van der Waals surface area contributed by atoms with Gasteiger partial charge in [0.05, 0.1) is 26.4 Å². The standard InChI is InChI=1S/C75H146O17P2/c1-9-68(8)54-46-38-29-25-26-32-42-50-58-75(80)92-71(62-86-73(78)56-48-40-34-33-37-45-53-67(6)7)64-90-94(83,84)88-60-69(76)59-87-93(81,82)89-63-70(91-74(79)57-49-41-31-24-20-16-15-18-22-28-36-44-52-66(4)5)61-85-72(77)55-47-39-30-23-19-14-12-10-11-13-17-21-27-35-43-51-65(2)3/h65-71,76H,9-64H2,1-8H3,(H,81,82)(H,83,84)/t68?,69-,70-,71-/m1/s1. The zero-order chi connectivity index (χ0) is 69.6. The van der Waals surface area contributed by atoms with Gasteiger partial charge in [0.1, 0.15) is 19.3 Å². The molecule has 0 aromatic carbocycles. The van der Waals surface area contributed by atoms with Gasteiger partial charge >= 0.3 is 39.5 Å². The van der Waals surface area contributed by atoms with Crippen LogP contribution in [0.5, 0.6) is 0 Å². The first kappa shape index (κ1) is 92.1. The molecule has 0 amide bonds. The Labute approximate surface area is 575 Å². The Bertz CT molecular complexity index is 1850. The number of aliphatic hydroxyl groups excluding tert-OH is 1. The predicted octanol–water partition coefficient (Wildman–Crippen LogP) is 21.7. The van der Waals surface area contributed by atoms with Crippen molar-refractivity contribution in [2.45, 2.75) is 395 Å². The molecule has 0 radical (unpaired) electrons. The normalized spacial score (nSPS) is 14.4. The van der Waals surface area contributed by atoms with Crippen molar-refractivity contribution in [3.63, 3.8) is 0 Å². The van der Waals surface area contributed by atoms with Crippen LogP contribution in [-0.2, 0) is 65.4 Å². The van der Waals surface area contributed by atoms with E-state index in [2.05, 4.69) is 55.4 Å². The molecule has 6 atom stereocenters. The molecular weight excluding hydrogens is 1230 g/mol. The fourth-order valence-electron chi connectivity index (χ4n) is 11.3. The molecule has 0 heterocycles. The van der Waals surface area contributed by atoms with Crippen LogP contribution in [0.15, 0.2) is 0 Å². The summed E-state index contributed by atoms with van der Waals surface area (Å²) in [4.78, 5) is 72.7. The van der Waals surface area contributed by atoms with Gasteiger partial charge in [-0.05, 0) is 49.4 Å². The van der Waals surface area contributed by atoms with E-state index < -0.39 is 97.5 Å². The molecule has 17 nitrogen and oxygen atoms in total. The van der Waals surface area contributed by atoms with Crippen LogP contribution >= 0.6 is 15.6 Å². The van der Waals surface area contributed by atoms with Gasteiger partial charge in [-0.1, -0.05) is 325 Å². The molecule has 0 bridgehead atoms. The number of rotatable bonds is 72. The summed E-state index contributed by atoms with van der Waals surface area (Å²) in [6, 6.07) is 0. The minimum Gasteiger partial charge on any atom is -0.462 e. The lowest BCUT2D eigenvalue weighted by atomic mass is 9.99. The second-order valence-electron chi connectivity index (χ2n) is 28.7. The van der Waals surface area contributed by atoms with Crippen LogP contribution in [0.2, 0.25) is 0 Å². The van der Waals surface area contributed by atoms with Crippen LogP contribution in [0.1, 0.15) is 376 Å². The zero-order valence-electron chi connectivity index (χ0n) is 61.6. The Hall–Kier alpha value is -1.94. The fourth-order valence-corrected chi connectivity index (χ4v) is 12.9. The SMILES string of the molecule is CCC(C)CCCCCCCCCCC(=O)O[C@H](COC(=O)CCCCCCCCC(C)C)COP(=O)(O)OC[C@H](O)COP(=O)(O)OC[C@@H](COC(=O)CCCCCCCCCCCCCCCCCC(C)C)OC(=O)CCCCCCCCCCCCCCC(C)C. The largest absolute Gasteiger partial charge is 0.472 e. The van der Waals surface area contributed by atoms with Crippen molar-refractivity contribution in [2.24, 2.45) is 23.7 Å². The minimum atomic E-state index is -4.96. The van der Waals surface area contributed by atoms with Crippen molar-refractivity contribution in [3.8, 4) is 0 Å². The first-order valence-corrected chi connectivity index (χ1v) is 41.7. The molecule has 0 spiro atoms. The van der Waals surface area contributed by atoms with Crippen molar-refractivity contribution in [2.75, 3.05) is 39.6 Å². The van der Waals surface area contributed by atoms with Crippen LogP contribution in [-0.4, -0.2) is 96.7 Å². The second kappa shape index (κ2) is 64.4. The van der Waals surface area contributed by atoms with Crippen molar-refractivity contribution in [1.29, 1.82) is 0 Å². The molecule has 0 aliphatic heterocycles. The van der Waals surface area contributed by atoms with E-state index in [4.69, 9.17) is 37.0 Å². The van der Waals surface area contributed by atoms with Crippen molar-refractivity contribution in [3.05, 3.63) is 0 Å². The summed E-state index contributed by atoms with van der Waals surface area (Å²) < 4.78 is 68.4. The summed E-state index contributed by atoms with van der Waals surface area (Å²) in [7, 11) is -9.91. The van der Waals surface area contributed by atoms with Gasteiger partial charge in [-0.2, -0.15) is 0 Å². The number of carbonyl (C=O) groups excluding carboxylic acids is 4. The van der Waals surface area contributed by atoms with Gasteiger partial charge in [0.2, 0.25) is 0 Å². The molecule has 558 valence electrons. The molecule has 3 unspecified atom stereocenters. The third-order valence-electron chi connectivity index (χ3n) is 17.7. The number of carbonyl (C=O) groups is 4. The quantitative estimate of drug-likeness (QED) is 0.0222. The predicted molar refractivity (Wildman–Crippen MR) is 381 cm³/mol. The molecule has 94 heavy (non-hydrogen) atoms. The number of unbranched alkanes of at least 4 members (excludes halogenated alkanes) is 37. The third-order valence-corrected chi connectivity index (χ3v) is 19.6. The van der Waals surface area contributed by atoms with Crippen LogP contribution in [0.3, 0.4) is 0 Å². The molecule has 0 aliphatic rings. The molecule has 0 aliphatic carbocycles.